The third-order valence-electron chi connectivity index (χ3n) is 7.38. The van der Waals surface area contributed by atoms with Gasteiger partial charge in [0.05, 0.1) is 23.3 Å². The Hall–Kier alpha value is -3.32. The summed E-state index contributed by atoms with van der Waals surface area (Å²) in [5.41, 5.74) is -2.94. The summed E-state index contributed by atoms with van der Waals surface area (Å²) in [5.74, 6) is -0.601. The molecule has 2 aromatic carbocycles. The Morgan fingerprint density at radius 1 is 0.952 bits per heavy atom. The number of piperidine rings is 1. The van der Waals surface area contributed by atoms with Crippen LogP contribution in [0, 0.1) is 11.8 Å². The minimum Gasteiger partial charge on any atom is -0.492 e. The topological polar surface area (TPSA) is 77.1 Å². The Kier molecular flexibility index (Phi) is 9.71. The molecule has 1 heterocycles. The van der Waals surface area contributed by atoms with Crippen molar-refractivity contribution in [1.82, 2.24) is 10.2 Å². The number of nitrogens with zero attached hydrogens (tertiary/aromatic N) is 1. The fraction of sp³-hybridized carbons (Fsp3) is 0.517. The van der Waals surface area contributed by atoms with Crippen molar-refractivity contribution >= 4 is 11.9 Å². The molecule has 1 N–H and O–H groups in total. The number of amides is 1. The molecule has 230 valence electrons. The molecule has 4 rings (SSSR count). The summed E-state index contributed by atoms with van der Waals surface area (Å²) in [6.07, 6.45) is -10.4. The maximum absolute atomic E-state index is 13.5. The standard InChI is InChI=1S/C29H32F6N2O5/c1-3-40-24(27(39)41-4-2)13-17-5-8-19(9-6-17)42-12-11-36-25-21-15-37(16-22(21)25)26(38)20-10-7-18(28(30,31)32)14-23(20)29(33,34)35/h5-10,14,21-22,24-25,36H,3-4,11-13,15-16H2,1-2H3/t21-,22+,24-,25?/m0/s1. The van der Waals surface area contributed by atoms with E-state index in [4.69, 9.17) is 14.2 Å². The number of rotatable bonds is 12. The zero-order valence-corrected chi connectivity index (χ0v) is 23.1. The van der Waals surface area contributed by atoms with Crippen LogP contribution in [0.1, 0.15) is 40.9 Å². The lowest BCUT2D eigenvalue weighted by Gasteiger charge is -2.23. The van der Waals surface area contributed by atoms with Crippen molar-refractivity contribution in [2.45, 2.75) is 44.8 Å². The number of carbonyl (C=O) groups is 2. The van der Waals surface area contributed by atoms with Gasteiger partial charge in [-0.3, -0.25) is 4.79 Å². The van der Waals surface area contributed by atoms with Crippen LogP contribution in [0.15, 0.2) is 42.5 Å². The Morgan fingerprint density at radius 2 is 1.62 bits per heavy atom. The van der Waals surface area contributed by atoms with Gasteiger partial charge in [-0.2, -0.15) is 26.3 Å². The molecule has 1 unspecified atom stereocenters. The van der Waals surface area contributed by atoms with Gasteiger partial charge < -0.3 is 24.4 Å². The zero-order chi connectivity index (χ0) is 30.7. The number of nitrogens with one attached hydrogen (secondary N) is 1. The Bertz CT molecular complexity index is 1240. The van der Waals surface area contributed by atoms with Crippen LogP contribution < -0.4 is 10.1 Å². The highest BCUT2D eigenvalue weighted by atomic mass is 19.4. The molecular weight excluding hydrogens is 570 g/mol. The predicted molar refractivity (Wildman–Crippen MR) is 139 cm³/mol. The maximum atomic E-state index is 13.5. The van der Waals surface area contributed by atoms with Gasteiger partial charge in [-0.25, -0.2) is 4.79 Å². The third-order valence-corrected chi connectivity index (χ3v) is 7.38. The van der Waals surface area contributed by atoms with Crippen molar-refractivity contribution in [3.63, 3.8) is 0 Å². The van der Waals surface area contributed by atoms with Crippen LogP contribution in [0.3, 0.4) is 0 Å². The zero-order valence-electron chi connectivity index (χ0n) is 23.1. The van der Waals surface area contributed by atoms with Gasteiger partial charge in [0.25, 0.3) is 5.91 Å². The number of fused-ring (bicyclic) bond motifs is 1. The van der Waals surface area contributed by atoms with Gasteiger partial charge in [-0.05, 0) is 61.6 Å². The van der Waals surface area contributed by atoms with E-state index in [0.29, 0.717) is 44.1 Å². The van der Waals surface area contributed by atoms with Crippen LogP contribution in [-0.4, -0.2) is 68.4 Å². The molecule has 0 aromatic heterocycles. The molecule has 1 amide bonds. The lowest BCUT2D eigenvalue weighted by atomic mass is 10.0. The smallest absolute Gasteiger partial charge is 0.417 e. The van der Waals surface area contributed by atoms with E-state index in [2.05, 4.69) is 5.32 Å². The highest BCUT2D eigenvalue weighted by molar-refractivity contribution is 5.96. The van der Waals surface area contributed by atoms with Crippen LogP contribution in [0.4, 0.5) is 26.3 Å². The van der Waals surface area contributed by atoms with Crippen molar-refractivity contribution in [2.24, 2.45) is 11.8 Å². The van der Waals surface area contributed by atoms with E-state index in [-0.39, 0.29) is 43.6 Å². The second-order valence-corrected chi connectivity index (χ2v) is 10.2. The summed E-state index contributed by atoms with van der Waals surface area (Å²) in [4.78, 5) is 26.1. The molecule has 1 aliphatic heterocycles. The minimum atomic E-state index is -5.10. The highest BCUT2D eigenvalue weighted by Crippen LogP contribution is 2.46. The molecule has 1 saturated heterocycles. The maximum Gasteiger partial charge on any atom is 0.417 e. The molecule has 42 heavy (non-hydrogen) atoms. The van der Waals surface area contributed by atoms with Crippen molar-refractivity contribution < 1.29 is 50.1 Å². The molecule has 1 aliphatic carbocycles. The van der Waals surface area contributed by atoms with E-state index < -0.39 is 47.0 Å². The summed E-state index contributed by atoms with van der Waals surface area (Å²) >= 11 is 0. The van der Waals surface area contributed by atoms with Gasteiger partial charge in [-0.15, -0.1) is 0 Å². The van der Waals surface area contributed by atoms with E-state index in [1.54, 1.807) is 26.0 Å². The number of likely N-dealkylation sites (tertiary alicyclic amines) is 1. The fourth-order valence-electron chi connectivity index (χ4n) is 5.28. The van der Waals surface area contributed by atoms with Crippen LogP contribution in [0.25, 0.3) is 0 Å². The van der Waals surface area contributed by atoms with Gasteiger partial charge in [0.1, 0.15) is 12.4 Å². The largest absolute Gasteiger partial charge is 0.492 e. The molecule has 0 radical (unpaired) electrons. The lowest BCUT2D eigenvalue weighted by molar-refractivity contribution is -0.156. The van der Waals surface area contributed by atoms with E-state index >= 15 is 0 Å². The normalized spacial score (nSPS) is 20.7. The fourth-order valence-corrected chi connectivity index (χ4v) is 5.28. The third kappa shape index (κ3) is 7.54. The minimum absolute atomic E-state index is 0.0109. The van der Waals surface area contributed by atoms with E-state index in [1.165, 1.54) is 4.90 Å². The van der Waals surface area contributed by atoms with Gasteiger partial charge >= 0.3 is 18.3 Å². The van der Waals surface area contributed by atoms with Crippen molar-refractivity contribution in [3.05, 3.63) is 64.7 Å². The first-order valence-electron chi connectivity index (χ1n) is 13.6. The van der Waals surface area contributed by atoms with Gasteiger partial charge in [0.15, 0.2) is 6.10 Å². The Balaban J connectivity index is 1.22. The molecule has 0 spiro atoms. The molecule has 2 aliphatic rings. The Labute approximate surface area is 239 Å². The quantitative estimate of drug-likeness (QED) is 0.210. The van der Waals surface area contributed by atoms with Crippen LogP contribution in [-0.2, 0) is 33.0 Å². The van der Waals surface area contributed by atoms with Gasteiger partial charge in [0, 0.05) is 38.7 Å². The summed E-state index contributed by atoms with van der Waals surface area (Å²) in [6.45, 7) is 5.48. The van der Waals surface area contributed by atoms with Crippen molar-refractivity contribution in [1.29, 1.82) is 0 Å². The van der Waals surface area contributed by atoms with Crippen LogP contribution in [0.2, 0.25) is 0 Å². The number of benzene rings is 2. The number of hydrogen-bond donors (Lipinski definition) is 1. The van der Waals surface area contributed by atoms with E-state index in [9.17, 15) is 35.9 Å². The summed E-state index contributed by atoms with van der Waals surface area (Å²) in [7, 11) is 0. The predicted octanol–water partition coefficient (Wildman–Crippen LogP) is 4.97. The molecule has 0 bridgehead atoms. The first-order chi connectivity index (χ1) is 19.8. The number of esters is 1. The molecule has 1 saturated carbocycles. The number of halogens is 6. The molecule has 2 fully saturated rings. The summed E-state index contributed by atoms with van der Waals surface area (Å²) < 4.78 is 95.6. The molecule has 7 nitrogen and oxygen atoms in total. The first kappa shape index (κ1) is 31.6. The van der Waals surface area contributed by atoms with Crippen molar-refractivity contribution in [3.8, 4) is 5.75 Å². The molecular formula is C29H32F6N2O5. The number of ether oxygens (including phenoxy) is 3. The second kappa shape index (κ2) is 12.9. The van der Waals surface area contributed by atoms with E-state index in [1.807, 2.05) is 12.1 Å². The second-order valence-electron chi connectivity index (χ2n) is 10.2. The van der Waals surface area contributed by atoms with Gasteiger partial charge in [0.2, 0.25) is 0 Å². The van der Waals surface area contributed by atoms with Gasteiger partial charge in [-0.1, -0.05) is 12.1 Å². The molecule has 4 atom stereocenters. The van der Waals surface area contributed by atoms with Crippen LogP contribution in [0.5, 0.6) is 5.75 Å². The lowest BCUT2D eigenvalue weighted by Crippen LogP contribution is -2.37. The molecule has 2 aromatic rings. The summed E-state index contributed by atoms with van der Waals surface area (Å²) in [6, 6.07) is 8.42. The summed E-state index contributed by atoms with van der Waals surface area (Å²) in [5, 5.41) is 3.33. The Morgan fingerprint density at radius 3 is 2.19 bits per heavy atom. The average Bonchev–Trinajstić information content (AvgIpc) is 3.37. The molecule has 13 heteroatoms. The average molecular weight is 603 g/mol. The highest BCUT2D eigenvalue weighted by Gasteiger charge is 2.56. The monoisotopic (exact) mass is 602 g/mol. The van der Waals surface area contributed by atoms with E-state index in [0.717, 1.165) is 5.56 Å². The van der Waals surface area contributed by atoms with Crippen molar-refractivity contribution in [2.75, 3.05) is 39.5 Å². The first-order valence-corrected chi connectivity index (χ1v) is 13.6. The number of alkyl halides is 6. The van der Waals surface area contributed by atoms with Crippen LogP contribution >= 0.6 is 0 Å². The SMILES string of the molecule is CCOC(=O)[C@H](Cc1ccc(OCCNC2[C@H]3CN(C(=O)c4ccc(C(F)(F)F)cc4C(F)(F)F)C[C@@H]23)cc1)OCC. The number of hydrogen-bond acceptors (Lipinski definition) is 6. The number of carbonyl (C=O) groups excluding carboxylic acids is 2.